The van der Waals surface area contributed by atoms with Crippen molar-refractivity contribution in [3.63, 3.8) is 0 Å². The van der Waals surface area contributed by atoms with E-state index in [1.165, 1.54) is 5.69 Å². The van der Waals surface area contributed by atoms with E-state index in [4.69, 9.17) is 4.74 Å². The number of ether oxygens (including phenoxy) is 1. The molecule has 0 aliphatic carbocycles. The molecule has 2 N–H and O–H groups in total. The van der Waals surface area contributed by atoms with Crippen LogP contribution in [0.2, 0.25) is 0 Å². The SMILES string of the molecule is CC(C)(O)CNc1ccc(N2CCOCC2)cc1. The smallest absolute Gasteiger partial charge is 0.0763 e. The van der Waals surface area contributed by atoms with Gasteiger partial charge < -0.3 is 20.1 Å². The van der Waals surface area contributed by atoms with Crippen molar-refractivity contribution in [1.82, 2.24) is 0 Å². The molecule has 0 unspecified atom stereocenters. The predicted molar refractivity (Wildman–Crippen MR) is 74.3 cm³/mol. The van der Waals surface area contributed by atoms with E-state index in [0.29, 0.717) is 6.54 Å². The van der Waals surface area contributed by atoms with Crippen LogP contribution in [-0.4, -0.2) is 43.6 Å². The maximum atomic E-state index is 9.65. The number of hydrogen-bond acceptors (Lipinski definition) is 4. The quantitative estimate of drug-likeness (QED) is 0.854. The van der Waals surface area contributed by atoms with Crippen molar-refractivity contribution in [1.29, 1.82) is 0 Å². The summed E-state index contributed by atoms with van der Waals surface area (Å²) < 4.78 is 5.34. The van der Waals surface area contributed by atoms with Gasteiger partial charge in [-0.05, 0) is 38.1 Å². The van der Waals surface area contributed by atoms with Gasteiger partial charge in [0.1, 0.15) is 0 Å². The van der Waals surface area contributed by atoms with E-state index in [1.54, 1.807) is 13.8 Å². The molecule has 4 nitrogen and oxygen atoms in total. The fourth-order valence-corrected chi connectivity index (χ4v) is 1.93. The van der Waals surface area contributed by atoms with Crippen molar-refractivity contribution < 1.29 is 9.84 Å². The molecule has 4 heteroatoms. The lowest BCUT2D eigenvalue weighted by Crippen LogP contribution is -2.36. The molecule has 1 aliphatic heterocycles. The normalized spacial score (nSPS) is 16.7. The zero-order chi connectivity index (χ0) is 13.0. The molecule has 1 fully saturated rings. The van der Waals surface area contributed by atoms with Gasteiger partial charge in [-0.3, -0.25) is 0 Å². The summed E-state index contributed by atoms with van der Waals surface area (Å²) in [5.74, 6) is 0. The third kappa shape index (κ3) is 3.89. The first-order valence-electron chi connectivity index (χ1n) is 6.44. The summed E-state index contributed by atoms with van der Waals surface area (Å²) in [7, 11) is 0. The van der Waals surface area contributed by atoms with Crippen LogP contribution in [0.4, 0.5) is 11.4 Å². The Morgan fingerprint density at radius 3 is 2.39 bits per heavy atom. The Morgan fingerprint density at radius 2 is 1.83 bits per heavy atom. The number of nitrogens with one attached hydrogen (secondary N) is 1. The first-order valence-corrected chi connectivity index (χ1v) is 6.44. The lowest BCUT2D eigenvalue weighted by atomic mass is 10.1. The molecule has 0 amide bonds. The average Bonchev–Trinajstić information content (AvgIpc) is 2.37. The number of benzene rings is 1. The number of rotatable bonds is 4. The summed E-state index contributed by atoms with van der Waals surface area (Å²) >= 11 is 0. The molecule has 1 saturated heterocycles. The Labute approximate surface area is 109 Å². The summed E-state index contributed by atoms with van der Waals surface area (Å²) in [6.45, 7) is 7.65. The first kappa shape index (κ1) is 13.2. The van der Waals surface area contributed by atoms with Crippen molar-refractivity contribution in [3.8, 4) is 0 Å². The third-order valence-electron chi connectivity index (χ3n) is 2.97. The summed E-state index contributed by atoms with van der Waals surface area (Å²) in [5.41, 5.74) is 1.57. The molecular weight excluding hydrogens is 228 g/mol. The standard InChI is InChI=1S/C14H22N2O2/c1-14(2,17)11-15-12-3-5-13(6-4-12)16-7-9-18-10-8-16/h3-6,15,17H,7-11H2,1-2H3. The third-order valence-corrected chi connectivity index (χ3v) is 2.97. The first-order chi connectivity index (χ1) is 8.54. The minimum absolute atomic E-state index is 0.546. The molecular formula is C14H22N2O2. The van der Waals surface area contributed by atoms with Gasteiger partial charge in [0.05, 0.1) is 18.8 Å². The van der Waals surface area contributed by atoms with Crippen LogP contribution < -0.4 is 10.2 Å². The molecule has 1 aromatic carbocycles. The fourth-order valence-electron chi connectivity index (χ4n) is 1.93. The maximum absolute atomic E-state index is 9.65. The van der Waals surface area contributed by atoms with Crippen molar-refractivity contribution in [2.75, 3.05) is 43.1 Å². The van der Waals surface area contributed by atoms with Crippen LogP contribution in [0.3, 0.4) is 0 Å². The second kappa shape index (κ2) is 5.59. The summed E-state index contributed by atoms with van der Waals surface area (Å²) in [5, 5.41) is 12.9. The second-order valence-corrected chi connectivity index (χ2v) is 5.31. The number of aliphatic hydroxyl groups is 1. The molecule has 0 radical (unpaired) electrons. The minimum atomic E-state index is -0.692. The van der Waals surface area contributed by atoms with Gasteiger partial charge in [0.25, 0.3) is 0 Å². The van der Waals surface area contributed by atoms with Gasteiger partial charge >= 0.3 is 0 Å². The molecule has 2 rings (SSSR count). The molecule has 100 valence electrons. The summed E-state index contributed by atoms with van der Waals surface area (Å²) in [4.78, 5) is 2.32. The molecule has 1 aromatic rings. The molecule has 0 bridgehead atoms. The van der Waals surface area contributed by atoms with E-state index in [2.05, 4.69) is 34.5 Å². The Kier molecular flexibility index (Phi) is 4.09. The van der Waals surface area contributed by atoms with Crippen molar-refractivity contribution in [2.45, 2.75) is 19.4 Å². The molecule has 0 atom stereocenters. The number of morpholine rings is 1. The van der Waals surface area contributed by atoms with Crippen molar-refractivity contribution >= 4 is 11.4 Å². The van der Waals surface area contributed by atoms with E-state index in [9.17, 15) is 5.11 Å². The second-order valence-electron chi connectivity index (χ2n) is 5.31. The van der Waals surface area contributed by atoms with Gasteiger partial charge in [-0.15, -0.1) is 0 Å². The minimum Gasteiger partial charge on any atom is -0.389 e. The molecule has 1 heterocycles. The predicted octanol–water partition coefficient (Wildman–Crippen LogP) is 1.71. The van der Waals surface area contributed by atoms with Crippen molar-refractivity contribution in [3.05, 3.63) is 24.3 Å². The van der Waals surface area contributed by atoms with Gasteiger partial charge in [0.15, 0.2) is 0 Å². The lowest BCUT2D eigenvalue weighted by Gasteiger charge is -2.29. The Bertz CT molecular complexity index is 364. The highest BCUT2D eigenvalue weighted by Gasteiger charge is 2.13. The van der Waals surface area contributed by atoms with Crippen LogP contribution in [0.5, 0.6) is 0 Å². The van der Waals surface area contributed by atoms with Gasteiger partial charge in [-0.1, -0.05) is 0 Å². The maximum Gasteiger partial charge on any atom is 0.0763 e. The van der Waals surface area contributed by atoms with Crippen LogP contribution >= 0.6 is 0 Å². The topological polar surface area (TPSA) is 44.7 Å². The van der Waals surface area contributed by atoms with E-state index in [1.807, 2.05) is 0 Å². The highest BCUT2D eigenvalue weighted by atomic mass is 16.5. The van der Waals surface area contributed by atoms with Gasteiger partial charge in [-0.2, -0.15) is 0 Å². The number of nitrogens with zero attached hydrogens (tertiary/aromatic N) is 1. The highest BCUT2D eigenvalue weighted by Crippen LogP contribution is 2.19. The van der Waals surface area contributed by atoms with E-state index >= 15 is 0 Å². The summed E-state index contributed by atoms with van der Waals surface area (Å²) in [6, 6.07) is 8.32. The van der Waals surface area contributed by atoms with E-state index in [-0.39, 0.29) is 0 Å². The fraction of sp³-hybridized carbons (Fsp3) is 0.571. The zero-order valence-electron chi connectivity index (χ0n) is 11.1. The Hall–Kier alpha value is -1.26. The number of anilines is 2. The van der Waals surface area contributed by atoms with E-state index in [0.717, 1.165) is 32.0 Å². The molecule has 0 aromatic heterocycles. The highest BCUT2D eigenvalue weighted by molar-refractivity contribution is 5.55. The summed E-state index contributed by atoms with van der Waals surface area (Å²) in [6.07, 6.45) is 0. The molecule has 1 aliphatic rings. The number of hydrogen-bond donors (Lipinski definition) is 2. The Morgan fingerprint density at radius 1 is 1.22 bits per heavy atom. The Balaban J connectivity index is 1.92. The van der Waals surface area contributed by atoms with Crippen LogP contribution in [0.15, 0.2) is 24.3 Å². The molecule has 0 saturated carbocycles. The van der Waals surface area contributed by atoms with Gasteiger partial charge in [0, 0.05) is 31.0 Å². The van der Waals surface area contributed by atoms with Crippen LogP contribution in [0.1, 0.15) is 13.8 Å². The van der Waals surface area contributed by atoms with Gasteiger partial charge in [-0.25, -0.2) is 0 Å². The van der Waals surface area contributed by atoms with E-state index < -0.39 is 5.60 Å². The van der Waals surface area contributed by atoms with Crippen LogP contribution in [-0.2, 0) is 4.74 Å². The zero-order valence-corrected chi connectivity index (χ0v) is 11.1. The average molecular weight is 250 g/mol. The van der Waals surface area contributed by atoms with Crippen molar-refractivity contribution in [2.24, 2.45) is 0 Å². The monoisotopic (exact) mass is 250 g/mol. The lowest BCUT2D eigenvalue weighted by molar-refractivity contribution is 0.0945. The largest absolute Gasteiger partial charge is 0.389 e. The van der Waals surface area contributed by atoms with Gasteiger partial charge in [0.2, 0.25) is 0 Å². The molecule has 18 heavy (non-hydrogen) atoms. The molecule has 0 spiro atoms. The van der Waals surface area contributed by atoms with Crippen LogP contribution in [0, 0.1) is 0 Å². The van der Waals surface area contributed by atoms with Crippen LogP contribution in [0.25, 0.3) is 0 Å².